The number of Topliss-reactive ketones (excluding diaryl/α,β-unsaturated/α-hetero) is 1. The minimum Gasteiger partial charge on any atom is -0.390 e. The van der Waals surface area contributed by atoms with Gasteiger partial charge in [0.1, 0.15) is 11.0 Å². The Morgan fingerprint density at radius 3 is 2.72 bits per heavy atom. The number of ether oxygens (including phenoxy) is 1. The van der Waals surface area contributed by atoms with E-state index in [4.69, 9.17) is 4.74 Å². The Bertz CT molecular complexity index is 773. The van der Waals surface area contributed by atoms with E-state index in [9.17, 15) is 19.8 Å². The van der Waals surface area contributed by atoms with Gasteiger partial charge in [-0.05, 0) is 39.0 Å². The van der Waals surface area contributed by atoms with Gasteiger partial charge in [-0.2, -0.15) is 0 Å². The number of ketones is 1. The summed E-state index contributed by atoms with van der Waals surface area (Å²) in [7, 11) is 0. The minimum absolute atomic E-state index is 0.0840. The second-order valence-corrected chi connectivity index (χ2v) is 9.92. The summed E-state index contributed by atoms with van der Waals surface area (Å²) in [5.41, 5.74) is -1.25. The third-order valence-corrected chi connectivity index (χ3v) is 7.55. The zero-order valence-electron chi connectivity index (χ0n) is 17.7. The Morgan fingerprint density at radius 2 is 2.03 bits per heavy atom. The Kier molecular flexibility index (Phi) is 5.03. The highest BCUT2D eigenvalue weighted by Gasteiger charge is 2.67. The molecule has 3 N–H and O–H groups in total. The average Bonchev–Trinajstić information content (AvgIpc) is 3.19. The van der Waals surface area contributed by atoms with Crippen molar-refractivity contribution in [3.8, 4) is 0 Å². The van der Waals surface area contributed by atoms with Crippen LogP contribution in [0.2, 0.25) is 0 Å². The van der Waals surface area contributed by atoms with Crippen molar-refractivity contribution in [3.63, 3.8) is 0 Å². The molecular formula is C23H33NO5. The molecule has 8 unspecified atom stereocenters. The fourth-order valence-corrected chi connectivity index (χ4v) is 6.01. The molecule has 2 fully saturated rings. The number of amides is 1. The lowest BCUT2D eigenvalue weighted by Crippen LogP contribution is -2.55. The van der Waals surface area contributed by atoms with E-state index >= 15 is 0 Å². The average molecular weight is 404 g/mol. The molecule has 6 nitrogen and oxygen atoms in total. The van der Waals surface area contributed by atoms with E-state index in [2.05, 4.69) is 19.2 Å². The van der Waals surface area contributed by atoms with Crippen molar-refractivity contribution < 1.29 is 24.5 Å². The number of hydrogen-bond acceptors (Lipinski definition) is 5. The number of epoxide rings is 1. The van der Waals surface area contributed by atoms with Crippen LogP contribution >= 0.6 is 0 Å². The van der Waals surface area contributed by atoms with Gasteiger partial charge in [-0.3, -0.25) is 9.59 Å². The summed E-state index contributed by atoms with van der Waals surface area (Å²) in [5, 5.41) is 24.8. The van der Waals surface area contributed by atoms with Gasteiger partial charge in [-0.15, -0.1) is 0 Å². The van der Waals surface area contributed by atoms with E-state index in [1.807, 2.05) is 26.0 Å². The number of carbonyl (C=O) groups is 2. The highest BCUT2D eigenvalue weighted by atomic mass is 16.6. The summed E-state index contributed by atoms with van der Waals surface area (Å²) in [6.07, 6.45) is 5.73. The van der Waals surface area contributed by atoms with Gasteiger partial charge >= 0.3 is 0 Å². The van der Waals surface area contributed by atoms with Gasteiger partial charge in [-0.1, -0.05) is 37.6 Å². The van der Waals surface area contributed by atoms with Crippen LogP contribution in [0.15, 0.2) is 23.8 Å². The van der Waals surface area contributed by atoms with E-state index in [0.717, 1.165) is 18.4 Å². The molecule has 1 amide bonds. The molecule has 0 aromatic heterocycles. The lowest BCUT2D eigenvalue weighted by molar-refractivity contribution is -0.149. The predicted molar refractivity (Wildman–Crippen MR) is 108 cm³/mol. The van der Waals surface area contributed by atoms with E-state index < -0.39 is 29.1 Å². The fraction of sp³-hybridized carbons (Fsp3) is 0.739. The zero-order valence-corrected chi connectivity index (χ0v) is 17.7. The van der Waals surface area contributed by atoms with Crippen LogP contribution in [0.5, 0.6) is 0 Å². The molecular weight excluding hydrogens is 370 g/mol. The van der Waals surface area contributed by atoms with Crippen LogP contribution in [-0.2, 0) is 14.3 Å². The molecule has 4 rings (SSSR count). The molecule has 2 saturated heterocycles. The maximum absolute atomic E-state index is 13.8. The first kappa shape index (κ1) is 20.8. The highest BCUT2D eigenvalue weighted by molar-refractivity contribution is 6.09. The quantitative estimate of drug-likeness (QED) is 0.372. The SMILES string of the molecule is CC1=CC(O)C2C=CCCC3OC3(C)C(O)CC(=O)C23C(=O)NC(CC(C)C)C13. The Morgan fingerprint density at radius 1 is 1.31 bits per heavy atom. The van der Waals surface area contributed by atoms with E-state index in [-0.39, 0.29) is 36.2 Å². The lowest BCUT2D eigenvalue weighted by Gasteiger charge is -2.44. The summed E-state index contributed by atoms with van der Waals surface area (Å²) in [4.78, 5) is 27.3. The number of carbonyl (C=O) groups excluding carboxylic acids is 2. The van der Waals surface area contributed by atoms with Crippen molar-refractivity contribution >= 4 is 11.7 Å². The van der Waals surface area contributed by atoms with E-state index in [1.165, 1.54) is 0 Å². The van der Waals surface area contributed by atoms with Crippen molar-refractivity contribution in [3.05, 3.63) is 23.8 Å². The number of rotatable bonds is 2. The first-order valence-electron chi connectivity index (χ1n) is 10.9. The molecule has 4 aliphatic rings. The Labute approximate surface area is 172 Å². The highest BCUT2D eigenvalue weighted by Crippen LogP contribution is 2.55. The number of aliphatic hydroxyl groups is 2. The normalized spacial score (nSPS) is 46.9. The van der Waals surface area contributed by atoms with Crippen LogP contribution < -0.4 is 5.32 Å². The van der Waals surface area contributed by atoms with Crippen LogP contribution in [-0.4, -0.2) is 51.9 Å². The van der Waals surface area contributed by atoms with Crippen LogP contribution in [0.1, 0.15) is 53.4 Å². The first-order chi connectivity index (χ1) is 13.6. The van der Waals surface area contributed by atoms with Gasteiger partial charge < -0.3 is 20.3 Å². The molecule has 1 spiro atoms. The van der Waals surface area contributed by atoms with Crippen molar-refractivity contribution in [2.75, 3.05) is 0 Å². The summed E-state index contributed by atoms with van der Waals surface area (Å²) in [6, 6.07) is -0.158. The van der Waals surface area contributed by atoms with Gasteiger partial charge in [0.25, 0.3) is 0 Å². The van der Waals surface area contributed by atoms with Crippen LogP contribution in [0.4, 0.5) is 0 Å². The molecule has 2 aliphatic carbocycles. The largest absolute Gasteiger partial charge is 0.390 e. The molecule has 160 valence electrons. The molecule has 29 heavy (non-hydrogen) atoms. The predicted octanol–water partition coefficient (Wildman–Crippen LogP) is 1.90. The van der Waals surface area contributed by atoms with Gasteiger partial charge in [0.15, 0.2) is 5.78 Å². The maximum atomic E-state index is 13.8. The third-order valence-electron chi connectivity index (χ3n) is 7.55. The van der Waals surface area contributed by atoms with Gasteiger partial charge in [0.05, 0.1) is 18.3 Å². The number of allylic oxidation sites excluding steroid dienone is 1. The van der Waals surface area contributed by atoms with Crippen LogP contribution in [0.25, 0.3) is 0 Å². The lowest BCUT2D eigenvalue weighted by atomic mass is 9.55. The van der Waals surface area contributed by atoms with E-state index in [1.54, 1.807) is 6.08 Å². The van der Waals surface area contributed by atoms with E-state index in [0.29, 0.717) is 12.3 Å². The molecule has 2 heterocycles. The second-order valence-electron chi connectivity index (χ2n) is 9.92. The summed E-state index contributed by atoms with van der Waals surface area (Å²) in [5.74, 6) is -1.20. The molecule has 0 saturated carbocycles. The monoisotopic (exact) mass is 403 g/mol. The smallest absolute Gasteiger partial charge is 0.235 e. The number of aliphatic hydroxyl groups excluding tert-OH is 2. The standard InChI is InChI=1S/C23H33NO5/c1-12(2)9-15-20-13(3)10-16(25)14-7-5-6-8-19-22(4,29-19)17(26)11-18(27)23(14,20)21(28)24-15/h5,7,10,12,14-17,19-20,25-26H,6,8-9,11H2,1-4H3,(H,24,28). The molecule has 6 heteroatoms. The van der Waals surface area contributed by atoms with Crippen molar-refractivity contribution in [1.82, 2.24) is 5.32 Å². The second kappa shape index (κ2) is 7.03. The van der Waals surface area contributed by atoms with Gasteiger partial charge in [0.2, 0.25) is 5.91 Å². The van der Waals surface area contributed by atoms with Gasteiger partial charge in [-0.25, -0.2) is 0 Å². The molecule has 8 atom stereocenters. The number of fused-ring (bicyclic) bond motifs is 1. The minimum atomic E-state index is -1.39. The van der Waals surface area contributed by atoms with Gasteiger partial charge in [0, 0.05) is 24.3 Å². The molecule has 2 aliphatic heterocycles. The number of nitrogens with one attached hydrogen (secondary N) is 1. The van der Waals surface area contributed by atoms with Crippen LogP contribution in [0, 0.1) is 23.2 Å². The molecule has 0 aromatic carbocycles. The number of hydrogen-bond donors (Lipinski definition) is 3. The summed E-state index contributed by atoms with van der Waals surface area (Å²) >= 11 is 0. The van der Waals surface area contributed by atoms with Crippen molar-refractivity contribution in [2.45, 2.75) is 83.3 Å². The fourth-order valence-electron chi connectivity index (χ4n) is 6.01. The Balaban J connectivity index is 1.82. The summed E-state index contributed by atoms with van der Waals surface area (Å²) in [6.45, 7) is 7.93. The molecule has 0 aromatic rings. The van der Waals surface area contributed by atoms with Crippen molar-refractivity contribution in [1.29, 1.82) is 0 Å². The third kappa shape index (κ3) is 3.03. The molecule has 0 radical (unpaired) electrons. The Hall–Kier alpha value is -1.50. The topological polar surface area (TPSA) is 99.2 Å². The van der Waals surface area contributed by atoms with Crippen LogP contribution in [0.3, 0.4) is 0 Å². The van der Waals surface area contributed by atoms with Crippen molar-refractivity contribution in [2.24, 2.45) is 23.2 Å². The zero-order chi connectivity index (χ0) is 21.1. The molecule has 0 bridgehead atoms. The first-order valence-corrected chi connectivity index (χ1v) is 10.9. The summed E-state index contributed by atoms with van der Waals surface area (Å²) < 4.78 is 5.73. The maximum Gasteiger partial charge on any atom is 0.235 e.